The fourth-order valence-electron chi connectivity index (χ4n) is 4.69. The van der Waals surface area contributed by atoms with Gasteiger partial charge in [0.15, 0.2) is 0 Å². The predicted molar refractivity (Wildman–Crippen MR) is 139 cm³/mol. The molecular weight excluding hydrogens is 450 g/mol. The summed E-state index contributed by atoms with van der Waals surface area (Å²) in [6, 6.07) is 23.0. The highest BCUT2D eigenvalue weighted by Gasteiger charge is 2.47. The zero-order valence-electron chi connectivity index (χ0n) is 20.2. The Hall–Kier alpha value is -4.63. The molecule has 0 aliphatic carbocycles. The smallest absolute Gasteiger partial charge is 0.300 e. The Morgan fingerprint density at radius 3 is 2.28 bits per heavy atom. The van der Waals surface area contributed by atoms with Crippen LogP contribution in [0.5, 0.6) is 0 Å². The van der Waals surface area contributed by atoms with Crippen molar-refractivity contribution in [2.45, 2.75) is 32.2 Å². The fraction of sp³-hybridized carbons (Fsp3) is 0.167. The zero-order chi connectivity index (χ0) is 25.6. The van der Waals surface area contributed by atoms with E-state index in [1.54, 1.807) is 30.5 Å². The molecule has 0 bridgehead atoms. The lowest BCUT2D eigenvalue weighted by Gasteiger charge is -2.26. The first-order valence-electron chi connectivity index (χ1n) is 11.7. The zero-order valence-corrected chi connectivity index (χ0v) is 20.2. The Balaban J connectivity index is 1.72. The van der Waals surface area contributed by atoms with Gasteiger partial charge in [-0.05, 0) is 46.9 Å². The quantitative estimate of drug-likeness (QED) is 0.217. The van der Waals surface area contributed by atoms with E-state index in [1.165, 1.54) is 4.90 Å². The molecule has 0 spiro atoms. The largest absolute Gasteiger partial charge is 0.507 e. The number of amides is 1. The van der Waals surface area contributed by atoms with Gasteiger partial charge in [0.1, 0.15) is 5.76 Å². The Morgan fingerprint density at radius 1 is 0.972 bits per heavy atom. The number of aliphatic hydroxyl groups is 1. The Bertz CT molecular complexity index is 1560. The van der Waals surface area contributed by atoms with Gasteiger partial charge in [0, 0.05) is 28.4 Å². The van der Waals surface area contributed by atoms with Crippen molar-refractivity contribution >= 4 is 34.0 Å². The van der Waals surface area contributed by atoms with E-state index in [0.29, 0.717) is 22.4 Å². The molecule has 1 aliphatic heterocycles. The third-order valence-electron chi connectivity index (χ3n) is 6.66. The van der Waals surface area contributed by atoms with Crippen molar-refractivity contribution in [2.24, 2.45) is 0 Å². The van der Waals surface area contributed by atoms with Gasteiger partial charge in [0.25, 0.3) is 11.7 Å². The van der Waals surface area contributed by atoms with E-state index in [9.17, 15) is 20.0 Å². The van der Waals surface area contributed by atoms with E-state index in [0.717, 1.165) is 16.5 Å². The Labute approximate surface area is 209 Å². The lowest BCUT2D eigenvalue weighted by atomic mass is 9.85. The number of aliphatic hydroxyl groups excluding tert-OH is 1. The summed E-state index contributed by atoms with van der Waals surface area (Å²) in [6.07, 6.45) is 1.65. The van der Waals surface area contributed by atoms with Crippen molar-refractivity contribution in [2.75, 3.05) is 4.90 Å². The molecule has 4 aromatic rings. The van der Waals surface area contributed by atoms with Gasteiger partial charge in [0.05, 0.1) is 23.2 Å². The number of nitriles is 1. The van der Waals surface area contributed by atoms with Crippen molar-refractivity contribution in [3.63, 3.8) is 0 Å². The summed E-state index contributed by atoms with van der Waals surface area (Å²) < 4.78 is 0. The number of nitrogens with zero attached hydrogens (tertiary/aromatic N) is 2. The van der Waals surface area contributed by atoms with Gasteiger partial charge in [0.2, 0.25) is 0 Å². The van der Waals surface area contributed by atoms with Crippen molar-refractivity contribution in [3.05, 3.63) is 107 Å². The summed E-state index contributed by atoms with van der Waals surface area (Å²) in [5.74, 6) is -1.72. The molecule has 0 radical (unpaired) electrons. The van der Waals surface area contributed by atoms with Crippen LogP contribution in [-0.2, 0) is 15.0 Å². The molecule has 1 amide bonds. The number of hydrogen-bond acceptors (Lipinski definition) is 4. The molecule has 3 aromatic carbocycles. The van der Waals surface area contributed by atoms with Crippen LogP contribution < -0.4 is 4.90 Å². The molecular formula is C30H25N3O3. The van der Waals surface area contributed by atoms with Crippen molar-refractivity contribution in [1.29, 1.82) is 5.26 Å². The molecule has 6 nitrogen and oxygen atoms in total. The number of carbonyl (C=O) groups is 2. The van der Waals surface area contributed by atoms with Crippen LogP contribution in [0, 0.1) is 11.3 Å². The monoisotopic (exact) mass is 475 g/mol. The predicted octanol–water partition coefficient (Wildman–Crippen LogP) is 5.96. The van der Waals surface area contributed by atoms with E-state index in [2.05, 4.69) is 31.8 Å². The van der Waals surface area contributed by atoms with Gasteiger partial charge in [-0.2, -0.15) is 5.26 Å². The molecule has 2 heterocycles. The van der Waals surface area contributed by atoms with Crippen molar-refractivity contribution in [3.8, 4) is 6.07 Å². The van der Waals surface area contributed by atoms with Gasteiger partial charge >= 0.3 is 0 Å². The van der Waals surface area contributed by atoms with Crippen LogP contribution in [0.4, 0.5) is 5.69 Å². The highest BCUT2D eigenvalue weighted by atomic mass is 16.3. The van der Waals surface area contributed by atoms with E-state index in [4.69, 9.17) is 0 Å². The number of rotatable bonds is 3. The minimum atomic E-state index is -0.833. The van der Waals surface area contributed by atoms with Gasteiger partial charge in [-0.3, -0.25) is 14.5 Å². The van der Waals surface area contributed by atoms with Crippen molar-refractivity contribution < 1.29 is 14.7 Å². The van der Waals surface area contributed by atoms with E-state index in [-0.39, 0.29) is 16.7 Å². The third-order valence-corrected chi connectivity index (χ3v) is 6.66. The number of carbonyl (C=O) groups excluding carboxylic acids is 2. The molecule has 1 atom stereocenters. The number of H-pyrrole nitrogens is 1. The lowest BCUT2D eigenvalue weighted by molar-refractivity contribution is -0.132. The van der Waals surface area contributed by atoms with Crippen LogP contribution in [0.2, 0.25) is 0 Å². The van der Waals surface area contributed by atoms with Crippen LogP contribution in [0.1, 0.15) is 49.1 Å². The number of hydrogen-bond donors (Lipinski definition) is 2. The maximum absolute atomic E-state index is 13.4. The molecule has 1 aromatic heterocycles. The number of ketones is 1. The first kappa shape index (κ1) is 23.1. The van der Waals surface area contributed by atoms with Gasteiger partial charge < -0.3 is 10.1 Å². The highest BCUT2D eigenvalue weighted by molar-refractivity contribution is 6.51. The molecule has 1 aliphatic rings. The molecule has 1 saturated heterocycles. The maximum atomic E-state index is 13.4. The van der Waals surface area contributed by atoms with Gasteiger partial charge in [-0.25, -0.2) is 0 Å². The third kappa shape index (κ3) is 3.75. The maximum Gasteiger partial charge on any atom is 0.300 e. The minimum absolute atomic E-state index is 0.0256. The number of Topliss-reactive ketones (excluding diaryl/α,β-unsaturated/α-hetero) is 1. The highest BCUT2D eigenvalue weighted by Crippen LogP contribution is 2.43. The second kappa shape index (κ2) is 8.54. The van der Waals surface area contributed by atoms with Gasteiger partial charge in [-0.15, -0.1) is 0 Å². The molecule has 2 N–H and O–H groups in total. The normalized spacial score (nSPS) is 17.5. The first-order valence-corrected chi connectivity index (χ1v) is 11.7. The number of benzene rings is 3. The first-order chi connectivity index (χ1) is 17.2. The number of aromatic amines is 1. The van der Waals surface area contributed by atoms with Crippen LogP contribution in [-0.4, -0.2) is 21.8 Å². The second-order valence-corrected chi connectivity index (χ2v) is 9.95. The molecule has 1 unspecified atom stereocenters. The van der Waals surface area contributed by atoms with E-state index >= 15 is 0 Å². The standard InChI is InChI=1S/C30H25N3O3/c1-30(2,3)20-12-10-19(11-13-20)26-25(27(34)23-17-32-24-7-5-4-6-22(23)24)28(35)29(36)33(26)21-14-8-18(16-31)9-15-21/h4-15,17,26,32,34H,1-3H3/b27-25-. The SMILES string of the molecule is CC(C)(C)c1ccc(C2/C(=C(/O)c3c[nH]c4ccccc34)C(=O)C(=O)N2c2ccc(C#N)cc2)cc1. The molecule has 1 fully saturated rings. The van der Waals surface area contributed by atoms with Crippen LogP contribution in [0.15, 0.2) is 84.6 Å². The summed E-state index contributed by atoms with van der Waals surface area (Å²) in [7, 11) is 0. The summed E-state index contributed by atoms with van der Waals surface area (Å²) in [5.41, 5.74) is 3.95. The van der Waals surface area contributed by atoms with E-state index < -0.39 is 17.7 Å². The van der Waals surface area contributed by atoms with Crippen molar-refractivity contribution in [1.82, 2.24) is 4.98 Å². The number of aromatic nitrogens is 1. The summed E-state index contributed by atoms with van der Waals surface area (Å²) in [6.45, 7) is 6.34. The van der Waals surface area contributed by atoms with Crippen LogP contribution >= 0.6 is 0 Å². The molecule has 5 rings (SSSR count). The van der Waals surface area contributed by atoms with Gasteiger partial charge in [-0.1, -0.05) is 63.2 Å². The summed E-state index contributed by atoms with van der Waals surface area (Å²) in [4.78, 5) is 31.3. The lowest BCUT2D eigenvalue weighted by Crippen LogP contribution is -2.29. The molecule has 0 saturated carbocycles. The Kier molecular flexibility index (Phi) is 5.49. The molecule has 178 valence electrons. The number of anilines is 1. The average Bonchev–Trinajstić information content (AvgIpc) is 3.42. The topological polar surface area (TPSA) is 97.2 Å². The Morgan fingerprint density at radius 2 is 1.64 bits per heavy atom. The minimum Gasteiger partial charge on any atom is -0.507 e. The van der Waals surface area contributed by atoms with Crippen LogP contribution in [0.25, 0.3) is 16.7 Å². The summed E-state index contributed by atoms with van der Waals surface area (Å²) in [5, 5.41) is 21.4. The second-order valence-electron chi connectivity index (χ2n) is 9.95. The fourth-order valence-corrected chi connectivity index (χ4v) is 4.69. The molecule has 36 heavy (non-hydrogen) atoms. The van der Waals surface area contributed by atoms with Crippen LogP contribution in [0.3, 0.4) is 0 Å². The average molecular weight is 476 g/mol. The number of para-hydroxylation sites is 1. The molecule has 6 heteroatoms. The summed E-state index contributed by atoms with van der Waals surface area (Å²) >= 11 is 0. The van der Waals surface area contributed by atoms with E-state index in [1.807, 2.05) is 48.5 Å². The number of fused-ring (bicyclic) bond motifs is 1. The number of nitrogens with one attached hydrogen (secondary N) is 1.